The predicted octanol–water partition coefficient (Wildman–Crippen LogP) is 3.40. The number of hydrogen-bond donors (Lipinski definition) is 0. The molecule has 0 saturated heterocycles. The molecule has 0 bridgehead atoms. The van der Waals surface area contributed by atoms with Gasteiger partial charge in [0.2, 0.25) is 0 Å². The van der Waals surface area contributed by atoms with Gasteiger partial charge in [-0.1, -0.05) is 12.1 Å². The zero-order valence-electron chi connectivity index (χ0n) is 6.61. The first kappa shape index (κ1) is 8.97. The number of nitrogens with zero attached hydrogens (tertiary/aromatic N) is 2. The first-order valence-electron chi connectivity index (χ1n) is 3.73. The lowest BCUT2D eigenvalue weighted by atomic mass is 10.3. The van der Waals surface area contributed by atoms with Crippen LogP contribution in [0, 0.1) is 0 Å². The van der Waals surface area contributed by atoms with Crippen molar-refractivity contribution in [2.45, 2.75) is 0 Å². The van der Waals surface area contributed by atoms with E-state index in [1.807, 2.05) is 35.0 Å². The van der Waals surface area contributed by atoms with Crippen molar-refractivity contribution in [3.05, 3.63) is 45.9 Å². The Balaban J connectivity index is 2.59. The molecule has 1 aromatic carbocycles. The summed E-state index contributed by atoms with van der Waals surface area (Å²) in [5, 5.41) is 0. The summed E-state index contributed by atoms with van der Waals surface area (Å²) < 4.78 is 3.82. The molecule has 0 amide bonds. The molecule has 4 heteroatoms. The maximum atomic E-state index is 4.09. The molecule has 13 heavy (non-hydrogen) atoms. The Hall–Kier alpha value is -0.610. The van der Waals surface area contributed by atoms with Gasteiger partial charge in [-0.15, -0.1) is 0 Å². The highest BCUT2D eigenvalue weighted by molar-refractivity contribution is 9.10. The van der Waals surface area contributed by atoms with Crippen molar-refractivity contribution in [1.29, 1.82) is 0 Å². The third kappa shape index (κ3) is 1.69. The van der Waals surface area contributed by atoms with Crippen LogP contribution >= 0.6 is 31.9 Å². The fourth-order valence-corrected chi connectivity index (χ4v) is 2.02. The SMILES string of the molecule is Brc1ccccc1-n1ccnc1Br. The molecule has 0 aliphatic rings. The van der Waals surface area contributed by atoms with Crippen molar-refractivity contribution in [2.75, 3.05) is 0 Å². The van der Waals surface area contributed by atoms with Crippen LogP contribution < -0.4 is 0 Å². The number of imidazole rings is 1. The average molecular weight is 302 g/mol. The van der Waals surface area contributed by atoms with E-state index in [1.165, 1.54) is 0 Å². The van der Waals surface area contributed by atoms with Crippen molar-refractivity contribution in [3.8, 4) is 5.69 Å². The van der Waals surface area contributed by atoms with Crippen molar-refractivity contribution in [3.63, 3.8) is 0 Å². The molecule has 0 aliphatic heterocycles. The summed E-state index contributed by atoms with van der Waals surface area (Å²) >= 11 is 6.85. The van der Waals surface area contributed by atoms with Gasteiger partial charge in [0, 0.05) is 16.9 Å². The smallest absolute Gasteiger partial charge is 0.181 e. The summed E-state index contributed by atoms with van der Waals surface area (Å²) in [6.45, 7) is 0. The number of para-hydroxylation sites is 1. The van der Waals surface area contributed by atoms with Crippen LogP contribution in [0.5, 0.6) is 0 Å². The number of halogens is 2. The quantitative estimate of drug-likeness (QED) is 0.789. The molecule has 0 spiro atoms. The second kappa shape index (κ2) is 3.64. The second-order valence-corrected chi connectivity index (χ2v) is 4.08. The summed E-state index contributed by atoms with van der Waals surface area (Å²) in [5.41, 5.74) is 1.08. The largest absolute Gasteiger partial charge is 0.293 e. The van der Waals surface area contributed by atoms with Crippen LogP contribution in [0.25, 0.3) is 5.69 Å². The standard InChI is InChI=1S/C9H6Br2N2/c10-7-3-1-2-4-8(7)13-6-5-12-9(13)11/h1-6H. The van der Waals surface area contributed by atoms with E-state index >= 15 is 0 Å². The van der Waals surface area contributed by atoms with E-state index in [-0.39, 0.29) is 0 Å². The van der Waals surface area contributed by atoms with Crippen LogP contribution in [0.1, 0.15) is 0 Å². The van der Waals surface area contributed by atoms with E-state index in [1.54, 1.807) is 6.20 Å². The number of hydrogen-bond acceptors (Lipinski definition) is 1. The summed E-state index contributed by atoms with van der Waals surface area (Å²) in [4.78, 5) is 4.09. The lowest BCUT2D eigenvalue weighted by Gasteiger charge is -2.05. The van der Waals surface area contributed by atoms with Gasteiger partial charge in [-0.2, -0.15) is 0 Å². The van der Waals surface area contributed by atoms with Crippen LogP contribution in [-0.2, 0) is 0 Å². The van der Waals surface area contributed by atoms with E-state index in [9.17, 15) is 0 Å². The van der Waals surface area contributed by atoms with Gasteiger partial charge in [-0.25, -0.2) is 4.98 Å². The zero-order chi connectivity index (χ0) is 9.26. The molecular weight excluding hydrogens is 296 g/mol. The molecule has 2 aromatic rings. The lowest BCUT2D eigenvalue weighted by molar-refractivity contribution is 1.01. The zero-order valence-corrected chi connectivity index (χ0v) is 9.79. The maximum absolute atomic E-state index is 4.09. The number of benzene rings is 1. The predicted molar refractivity (Wildman–Crippen MR) is 59.0 cm³/mol. The molecular formula is C9H6Br2N2. The molecule has 1 heterocycles. The average Bonchev–Trinajstić information content (AvgIpc) is 2.52. The molecule has 0 unspecified atom stereocenters. The summed E-state index contributed by atoms with van der Waals surface area (Å²) in [7, 11) is 0. The number of rotatable bonds is 1. The van der Waals surface area contributed by atoms with Crippen molar-refractivity contribution in [2.24, 2.45) is 0 Å². The molecule has 1 aromatic heterocycles. The summed E-state index contributed by atoms with van der Waals surface area (Å²) in [6.07, 6.45) is 3.66. The molecule has 2 nitrogen and oxygen atoms in total. The molecule has 2 rings (SSSR count). The number of aromatic nitrogens is 2. The minimum absolute atomic E-state index is 0.805. The van der Waals surface area contributed by atoms with Crippen LogP contribution in [0.2, 0.25) is 0 Å². The van der Waals surface area contributed by atoms with Gasteiger partial charge in [0.05, 0.1) is 5.69 Å². The van der Waals surface area contributed by atoms with Gasteiger partial charge >= 0.3 is 0 Å². The topological polar surface area (TPSA) is 17.8 Å². The Kier molecular flexibility index (Phi) is 2.51. The fourth-order valence-electron chi connectivity index (χ4n) is 1.11. The van der Waals surface area contributed by atoms with Gasteiger partial charge in [0.1, 0.15) is 0 Å². The highest BCUT2D eigenvalue weighted by atomic mass is 79.9. The lowest BCUT2D eigenvalue weighted by Crippen LogP contribution is -1.92. The van der Waals surface area contributed by atoms with E-state index in [4.69, 9.17) is 0 Å². The van der Waals surface area contributed by atoms with Gasteiger partial charge in [0.25, 0.3) is 0 Å². The third-order valence-corrected chi connectivity index (χ3v) is 2.96. The highest BCUT2D eigenvalue weighted by Crippen LogP contribution is 2.23. The minimum Gasteiger partial charge on any atom is -0.293 e. The van der Waals surface area contributed by atoms with E-state index < -0.39 is 0 Å². The van der Waals surface area contributed by atoms with Crippen molar-refractivity contribution < 1.29 is 0 Å². The molecule has 0 atom stereocenters. The first-order valence-corrected chi connectivity index (χ1v) is 5.31. The van der Waals surface area contributed by atoms with Crippen LogP contribution in [0.15, 0.2) is 45.9 Å². The summed E-state index contributed by atoms with van der Waals surface area (Å²) in [6, 6.07) is 8.00. The molecule has 0 saturated carbocycles. The summed E-state index contributed by atoms with van der Waals surface area (Å²) in [5.74, 6) is 0. The Labute approximate surface area is 92.9 Å². The Morgan fingerprint density at radius 1 is 1.15 bits per heavy atom. The molecule has 66 valence electrons. The van der Waals surface area contributed by atoms with Gasteiger partial charge in [0.15, 0.2) is 4.73 Å². The van der Waals surface area contributed by atoms with Crippen LogP contribution in [0.4, 0.5) is 0 Å². The van der Waals surface area contributed by atoms with Gasteiger partial charge in [-0.05, 0) is 44.0 Å². The molecule has 0 N–H and O–H groups in total. The van der Waals surface area contributed by atoms with Crippen LogP contribution in [0.3, 0.4) is 0 Å². The van der Waals surface area contributed by atoms with E-state index in [2.05, 4.69) is 36.8 Å². The second-order valence-electron chi connectivity index (χ2n) is 2.52. The van der Waals surface area contributed by atoms with Gasteiger partial charge in [-0.3, -0.25) is 4.57 Å². The van der Waals surface area contributed by atoms with E-state index in [0.717, 1.165) is 14.9 Å². The monoisotopic (exact) mass is 300 g/mol. The minimum atomic E-state index is 0.805. The van der Waals surface area contributed by atoms with Crippen molar-refractivity contribution >= 4 is 31.9 Å². The first-order chi connectivity index (χ1) is 6.29. The molecule has 0 radical (unpaired) electrons. The Bertz CT molecular complexity index is 423. The Morgan fingerprint density at radius 3 is 2.54 bits per heavy atom. The molecule has 0 aliphatic carbocycles. The van der Waals surface area contributed by atoms with Crippen molar-refractivity contribution in [1.82, 2.24) is 9.55 Å². The van der Waals surface area contributed by atoms with Crippen LogP contribution in [-0.4, -0.2) is 9.55 Å². The van der Waals surface area contributed by atoms with Gasteiger partial charge < -0.3 is 0 Å². The maximum Gasteiger partial charge on any atom is 0.181 e. The highest BCUT2D eigenvalue weighted by Gasteiger charge is 2.03. The Morgan fingerprint density at radius 2 is 1.92 bits per heavy atom. The van der Waals surface area contributed by atoms with E-state index in [0.29, 0.717) is 0 Å². The third-order valence-electron chi connectivity index (χ3n) is 1.71. The fraction of sp³-hybridized carbons (Fsp3) is 0. The molecule has 0 fully saturated rings. The normalized spacial score (nSPS) is 10.3.